The molecule has 0 unspecified atom stereocenters. The summed E-state index contributed by atoms with van der Waals surface area (Å²) in [5.41, 5.74) is 6.25. The molecule has 0 amide bonds. The van der Waals surface area contributed by atoms with Crippen molar-refractivity contribution < 1.29 is 9.47 Å². The van der Waals surface area contributed by atoms with Crippen LogP contribution in [0.25, 0.3) is 0 Å². The van der Waals surface area contributed by atoms with E-state index in [2.05, 4.69) is 68.4 Å². The number of methoxy groups -OCH3 is 2. The quantitative estimate of drug-likeness (QED) is 0.559. The second-order valence-corrected chi connectivity index (χ2v) is 6.92. The van der Waals surface area contributed by atoms with Crippen LogP contribution in [0.2, 0.25) is 0 Å². The lowest BCUT2D eigenvalue weighted by atomic mass is 9.84. The molecular formula is C24H27NO2. The van der Waals surface area contributed by atoms with Gasteiger partial charge in [0.2, 0.25) is 0 Å². The summed E-state index contributed by atoms with van der Waals surface area (Å²) < 4.78 is 10.7. The third-order valence-electron chi connectivity index (χ3n) is 4.93. The minimum absolute atomic E-state index is 0.150. The van der Waals surface area contributed by atoms with Crippen molar-refractivity contribution in [3.05, 3.63) is 89.0 Å². The molecule has 0 heterocycles. The predicted molar refractivity (Wildman–Crippen MR) is 112 cm³/mol. The van der Waals surface area contributed by atoms with Gasteiger partial charge in [-0.1, -0.05) is 36.4 Å². The number of benzene rings is 3. The zero-order valence-corrected chi connectivity index (χ0v) is 16.7. The third-order valence-corrected chi connectivity index (χ3v) is 4.93. The van der Waals surface area contributed by atoms with E-state index in [1.807, 2.05) is 24.3 Å². The first kappa shape index (κ1) is 18.8. The van der Waals surface area contributed by atoms with E-state index in [0.717, 1.165) is 11.5 Å². The summed E-state index contributed by atoms with van der Waals surface area (Å²) in [7, 11) is 7.54. The van der Waals surface area contributed by atoms with Crippen molar-refractivity contribution in [2.24, 2.45) is 0 Å². The van der Waals surface area contributed by atoms with E-state index < -0.39 is 0 Å². The van der Waals surface area contributed by atoms with Crippen LogP contribution in [0.1, 0.15) is 28.2 Å². The van der Waals surface area contributed by atoms with E-state index in [1.54, 1.807) is 14.2 Å². The summed E-state index contributed by atoms with van der Waals surface area (Å²) in [6.07, 6.45) is 0. The van der Waals surface area contributed by atoms with Gasteiger partial charge in [0.25, 0.3) is 0 Å². The lowest BCUT2D eigenvalue weighted by molar-refractivity contribution is 0.414. The summed E-state index contributed by atoms with van der Waals surface area (Å²) in [6.45, 7) is 2.16. The second-order valence-electron chi connectivity index (χ2n) is 6.92. The van der Waals surface area contributed by atoms with Gasteiger partial charge in [-0.3, -0.25) is 0 Å². The van der Waals surface area contributed by atoms with Gasteiger partial charge in [-0.05, 0) is 59.5 Å². The molecule has 0 aliphatic heterocycles. The molecular weight excluding hydrogens is 334 g/mol. The molecule has 0 aliphatic rings. The number of hydrogen-bond donors (Lipinski definition) is 0. The molecule has 0 aromatic heterocycles. The Hall–Kier alpha value is -2.94. The van der Waals surface area contributed by atoms with Gasteiger partial charge in [-0.2, -0.15) is 0 Å². The highest BCUT2D eigenvalue weighted by Crippen LogP contribution is 2.35. The molecule has 140 valence electrons. The number of nitrogens with zero attached hydrogens (tertiary/aromatic N) is 1. The van der Waals surface area contributed by atoms with Crippen molar-refractivity contribution in [3.8, 4) is 11.5 Å². The van der Waals surface area contributed by atoms with Gasteiger partial charge in [0.05, 0.1) is 14.2 Å². The Kier molecular flexibility index (Phi) is 5.70. The summed E-state index contributed by atoms with van der Waals surface area (Å²) in [5, 5.41) is 0. The molecule has 0 spiro atoms. The van der Waals surface area contributed by atoms with Crippen LogP contribution in [0.5, 0.6) is 11.5 Å². The molecule has 3 nitrogen and oxygen atoms in total. The smallest absolute Gasteiger partial charge is 0.118 e. The molecule has 0 N–H and O–H groups in total. The van der Waals surface area contributed by atoms with Crippen molar-refractivity contribution in [1.29, 1.82) is 0 Å². The Morgan fingerprint density at radius 2 is 1.11 bits per heavy atom. The molecule has 0 bridgehead atoms. The van der Waals surface area contributed by atoms with Crippen molar-refractivity contribution >= 4 is 5.69 Å². The first-order valence-electron chi connectivity index (χ1n) is 9.09. The van der Waals surface area contributed by atoms with Crippen LogP contribution >= 0.6 is 0 Å². The van der Waals surface area contributed by atoms with Crippen molar-refractivity contribution in [2.45, 2.75) is 12.8 Å². The van der Waals surface area contributed by atoms with Crippen LogP contribution in [0.4, 0.5) is 5.69 Å². The normalized spacial score (nSPS) is 10.7. The molecule has 3 aromatic carbocycles. The summed E-state index contributed by atoms with van der Waals surface area (Å²) in [5.74, 6) is 1.88. The minimum Gasteiger partial charge on any atom is -0.497 e. The van der Waals surface area contributed by atoms with E-state index in [1.165, 1.54) is 27.9 Å². The first-order chi connectivity index (χ1) is 13.0. The maximum atomic E-state index is 5.33. The van der Waals surface area contributed by atoms with Gasteiger partial charge in [0.15, 0.2) is 0 Å². The standard InChI is InChI=1S/C24H27NO2/c1-17-16-20(10-15-23(17)25(2)3)24(18-6-11-21(26-4)12-7-18)19-8-13-22(27-5)14-9-19/h6-16,24H,1-5H3. The van der Waals surface area contributed by atoms with Crippen molar-refractivity contribution in [1.82, 2.24) is 0 Å². The van der Waals surface area contributed by atoms with Crippen LogP contribution in [0.15, 0.2) is 66.7 Å². The van der Waals surface area contributed by atoms with Crippen molar-refractivity contribution in [3.63, 3.8) is 0 Å². The molecule has 3 aromatic rings. The van der Waals surface area contributed by atoms with Crippen LogP contribution in [0.3, 0.4) is 0 Å². The Labute approximate surface area is 162 Å². The molecule has 3 rings (SSSR count). The van der Waals surface area contributed by atoms with Gasteiger partial charge < -0.3 is 14.4 Å². The van der Waals surface area contributed by atoms with Gasteiger partial charge >= 0.3 is 0 Å². The second kappa shape index (κ2) is 8.17. The molecule has 0 radical (unpaired) electrons. The molecule has 0 aliphatic carbocycles. The fourth-order valence-electron chi connectivity index (χ4n) is 3.53. The summed E-state index contributed by atoms with van der Waals surface area (Å²) in [4.78, 5) is 2.15. The SMILES string of the molecule is COc1ccc(C(c2ccc(OC)cc2)c2ccc(N(C)C)c(C)c2)cc1. The Balaban J connectivity index is 2.09. The highest BCUT2D eigenvalue weighted by Gasteiger charge is 2.18. The molecule has 0 fully saturated rings. The van der Waals surface area contributed by atoms with E-state index in [-0.39, 0.29) is 5.92 Å². The largest absolute Gasteiger partial charge is 0.497 e. The Morgan fingerprint density at radius 1 is 0.667 bits per heavy atom. The van der Waals surface area contributed by atoms with E-state index >= 15 is 0 Å². The van der Waals surface area contributed by atoms with Crippen LogP contribution in [-0.4, -0.2) is 28.3 Å². The van der Waals surface area contributed by atoms with Crippen LogP contribution in [0, 0.1) is 6.92 Å². The Morgan fingerprint density at radius 3 is 1.48 bits per heavy atom. The average Bonchev–Trinajstić information content (AvgIpc) is 2.69. The lowest BCUT2D eigenvalue weighted by Crippen LogP contribution is -2.11. The van der Waals surface area contributed by atoms with Crippen LogP contribution < -0.4 is 14.4 Å². The van der Waals surface area contributed by atoms with Crippen LogP contribution in [-0.2, 0) is 0 Å². The molecule has 27 heavy (non-hydrogen) atoms. The van der Waals surface area contributed by atoms with E-state index in [0.29, 0.717) is 0 Å². The third kappa shape index (κ3) is 4.08. The van der Waals surface area contributed by atoms with Gasteiger partial charge in [0, 0.05) is 25.7 Å². The Bertz CT molecular complexity index is 836. The number of anilines is 1. The maximum absolute atomic E-state index is 5.33. The van der Waals surface area contributed by atoms with E-state index in [4.69, 9.17) is 9.47 Å². The monoisotopic (exact) mass is 361 g/mol. The molecule has 0 saturated heterocycles. The number of rotatable bonds is 6. The van der Waals surface area contributed by atoms with Gasteiger partial charge in [-0.15, -0.1) is 0 Å². The highest BCUT2D eigenvalue weighted by atomic mass is 16.5. The number of ether oxygens (including phenoxy) is 2. The maximum Gasteiger partial charge on any atom is 0.118 e. The fourth-order valence-corrected chi connectivity index (χ4v) is 3.53. The fraction of sp³-hybridized carbons (Fsp3) is 0.250. The van der Waals surface area contributed by atoms with Gasteiger partial charge in [0.1, 0.15) is 11.5 Å². The first-order valence-corrected chi connectivity index (χ1v) is 9.09. The van der Waals surface area contributed by atoms with Gasteiger partial charge in [-0.25, -0.2) is 0 Å². The average molecular weight is 361 g/mol. The summed E-state index contributed by atoms with van der Waals surface area (Å²) >= 11 is 0. The summed E-state index contributed by atoms with van der Waals surface area (Å²) in [6, 6.07) is 23.4. The molecule has 0 saturated carbocycles. The highest BCUT2D eigenvalue weighted by molar-refractivity contribution is 5.56. The topological polar surface area (TPSA) is 21.7 Å². The lowest BCUT2D eigenvalue weighted by Gasteiger charge is -2.22. The van der Waals surface area contributed by atoms with Crippen molar-refractivity contribution in [2.75, 3.05) is 33.2 Å². The van der Waals surface area contributed by atoms with E-state index in [9.17, 15) is 0 Å². The minimum atomic E-state index is 0.150. The zero-order chi connectivity index (χ0) is 19.4. The molecule has 3 heteroatoms. The predicted octanol–water partition coefficient (Wildman–Crippen LogP) is 5.26. The zero-order valence-electron chi connectivity index (χ0n) is 16.7. The number of hydrogen-bond acceptors (Lipinski definition) is 3. The molecule has 0 atom stereocenters. The number of aryl methyl sites for hydroxylation is 1.